The average molecular weight is 406 g/mol. The molecule has 0 unspecified atom stereocenters. The van der Waals surface area contributed by atoms with Crippen molar-refractivity contribution < 1.29 is 9.84 Å². The fourth-order valence-electron chi connectivity index (χ4n) is 3.94. The molecule has 3 aromatic carbocycles. The lowest BCUT2D eigenvalue weighted by molar-refractivity contribution is 0.121. The number of aromatic nitrogens is 1. The van der Waals surface area contributed by atoms with E-state index in [4.69, 9.17) is 14.7 Å². The van der Waals surface area contributed by atoms with Gasteiger partial charge < -0.3 is 9.84 Å². The molecule has 4 nitrogen and oxygen atoms in total. The molecule has 1 atom stereocenters. The van der Waals surface area contributed by atoms with E-state index in [2.05, 4.69) is 0 Å². The van der Waals surface area contributed by atoms with Gasteiger partial charge >= 0.3 is 0 Å². The summed E-state index contributed by atoms with van der Waals surface area (Å²) >= 11 is 0. The first-order valence-corrected chi connectivity index (χ1v) is 10.3. The van der Waals surface area contributed by atoms with Gasteiger partial charge in [-0.1, -0.05) is 97.1 Å². The van der Waals surface area contributed by atoms with E-state index in [1.807, 2.05) is 109 Å². The second kappa shape index (κ2) is 8.17. The van der Waals surface area contributed by atoms with Gasteiger partial charge in [-0.05, 0) is 28.8 Å². The van der Waals surface area contributed by atoms with Crippen LogP contribution < -0.4 is 0 Å². The Balaban J connectivity index is 1.57. The summed E-state index contributed by atoms with van der Waals surface area (Å²) in [5.41, 5.74) is 2.36. The Kier molecular flexibility index (Phi) is 5.06. The molecule has 4 aromatic rings. The molecule has 1 aliphatic heterocycles. The van der Waals surface area contributed by atoms with Gasteiger partial charge in [0.15, 0.2) is 5.60 Å². The number of nitrogens with zero attached hydrogens (tertiary/aromatic N) is 2. The molecule has 5 rings (SSSR count). The highest BCUT2D eigenvalue weighted by Crippen LogP contribution is 2.36. The van der Waals surface area contributed by atoms with Gasteiger partial charge in [0, 0.05) is 0 Å². The minimum atomic E-state index is -1.39. The number of rotatable bonds is 5. The van der Waals surface area contributed by atoms with Crippen molar-refractivity contribution >= 4 is 5.90 Å². The van der Waals surface area contributed by atoms with Crippen LogP contribution in [0.25, 0.3) is 0 Å². The third-order valence-corrected chi connectivity index (χ3v) is 5.56. The Morgan fingerprint density at radius 2 is 1.29 bits per heavy atom. The second-order valence-electron chi connectivity index (χ2n) is 7.52. The van der Waals surface area contributed by atoms with Crippen molar-refractivity contribution in [3.8, 4) is 0 Å². The lowest BCUT2D eigenvalue weighted by Crippen LogP contribution is -2.30. The molecule has 1 N–H and O–H groups in total. The van der Waals surface area contributed by atoms with Crippen LogP contribution in [0.4, 0.5) is 0 Å². The van der Waals surface area contributed by atoms with Gasteiger partial charge in [-0.15, -0.1) is 0 Å². The molecule has 1 aromatic heterocycles. The maximum Gasteiger partial charge on any atom is 0.236 e. The smallest absolute Gasteiger partial charge is 0.236 e. The van der Waals surface area contributed by atoms with Crippen molar-refractivity contribution in [2.24, 2.45) is 4.99 Å². The van der Waals surface area contributed by atoms with Crippen LogP contribution in [0.5, 0.6) is 0 Å². The van der Waals surface area contributed by atoms with E-state index in [-0.39, 0.29) is 6.04 Å². The number of benzene rings is 3. The Morgan fingerprint density at radius 1 is 0.710 bits per heavy atom. The average Bonchev–Trinajstić information content (AvgIpc) is 3.36. The molecule has 4 heteroatoms. The Morgan fingerprint density at radius 3 is 1.90 bits per heavy atom. The highest BCUT2D eigenvalue weighted by molar-refractivity contribution is 5.93. The maximum absolute atomic E-state index is 12.0. The normalized spacial score (nSPS) is 15.9. The first-order valence-electron chi connectivity index (χ1n) is 10.3. The molecule has 0 fully saturated rings. The van der Waals surface area contributed by atoms with Gasteiger partial charge in [0.05, 0.1) is 5.69 Å². The quantitative estimate of drug-likeness (QED) is 0.514. The first-order chi connectivity index (χ1) is 15.2. The summed E-state index contributed by atoms with van der Waals surface area (Å²) in [5, 5.41) is 12.0. The third-order valence-electron chi connectivity index (χ3n) is 5.56. The van der Waals surface area contributed by atoms with Gasteiger partial charge in [0.25, 0.3) is 0 Å². The molecule has 0 saturated heterocycles. The van der Waals surface area contributed by atoms with Gasteiger partial charge in [-0.3, -0.25) is 0 Å². The Bertz CT molecular complexity index is 1150. The van der Waals surface area contributed by atoms with E-state index in [0.29, 0.717) is 23.9 Å². The van der Waals surface area contributed by atoms with Crippen LogP contribution in [0.1, 0.15) is 34.1 Å². The summed E-state index contributed by atoms with van der Waals surface area (Å²) in [6.45, 7) is 0.479. The molecule has 0 aliphatic carbocycles. The largest absolute Gasteiger partial charge is 0.474 e. The SMILES string of the molecule is OC(c1ccccc1)(c1ccccc1)c1cccc(C2=N[C@@H](c3ccccc3)CO2)n1. The molecule has 2 heterocycles. The summed E-state index contributed by atoms with van der Waals surface area (Å²) < 4.78 is 5.89. The lowest BCUT2D eigenvalue weighted by Gasteiger charge is -2.29. The maximum atomic E-state index is 12.0. The minimum absolute atomic E-state index is 0.0520. The van der Waals surface area contributed by atoms with Crippen LogP contribution in [0, 0.1) is 0 Å². The van der Waals surface area contributed by atoms with Crippen molar-refractivity contribution in [2.45, 2.75) is 11.6 Å². The number of aliphatic imine (C=N–C) groups is 1. The van der Waals surface area contributed by atoms with Crippen LogP contribution in [-0.4, -0.2) is 22.6 Å². The van der Waals surface area contributed by atoms with Gasteiger partial charge in [0.2, 0.25) is 5.90 Å². The number of aliphatic hydroxyl groups is 1. The van der Waals surface area contributed by atoms with Crippen LogP contribution in [-0.2, 0) is 10.3 Å². The molecule has 0 bridgehead atoms. The van der Waals surface area contributed by atoms with E-state index >= 15 is 0 Å². The second-order valence-corrected chi connectivity index (χ2v) is 7.52. The van der Waals surface area contributed by atoms with Crippen molar-refractivity contribution in [1.82, 2.24) is 4.98 Å². The summed E-state index contributed by atoms with van der Waals surface area (Å²) in [5.74, 6) is 0.499. The summed E-state index contributed by atoms with van der Waals surface area (Å²) in [4.78, 5) is 9.55. The summed E-state index contributed by atoms with van der Waals surface area (Å²) in [6, 6.07) is 34.8. The van der Waals surface area contributed by atoms with Crippen molar-refractivity contribution in [2.75, 3.05) is 6.61 Å². The van der Waals surface area contributed by atoms with Crippen molar-refractivity contribution in [1.29, 1.82) is 0 Å². The van der Waals surface area contributed by atoms with Gasteiger partial charge in [-0.25, -0.2) is 9.98 Å². The van der Waals surface area contributed by atoms with Gasteiger partial charge in [0.1, 0.15) is 18.3 Å². The van der Waals surface area contributed by atoms with E-state index in [1.54, 1.807) is 0 Å². The Labute approximate surface area is 181 Å². The van der Waals surface area contributed by atoms with Crippen LogP contribution in [0.2, 0.25) is 0 Å². The zero-order valence-corrected chi connectivity index (χ0v) is 16.9. The van der Waals surface area contributed by atoms with Crippen molar-refractivity contribution in [3.05, 3.63) is 137 Å². The van der Waals surface area contributed by atoms with E-state index < -0.39 is 5.60 Å². The van der Waals surface area contributed by atoms with Crippen LogP contribution in [0.3, 0.4) is 0 Å². The zero-order chi connectivity index (χ0) is 21.1. The number of hydrogen-bond donors (Lipinski definition) is 1. The highest BCUT2D eigenvalue weighted by Gasteiger charge is 2.36. The number of hydrogen-bond acceptors (Lipinski definition) is 4. The molecule has 0 saturated carbocycles. The third kappa shape index (κ3) is 3.62. The molecule has 1 aliphatic rings. The van der Waals surface area contributed by atoms with Crippen LogP contribution in [0.15, 0.2) is 114 Å². The standard InChI is InChI=1S/C27H22N2O2/c30-27(21-13-6-2-7-14-21,22-15-8-3-9-16-22)25-18-10-17-23(28-25)26-29-24(19-31-26)20-11-4-1-5-12-20/h1-18,24,30H,19H2/t24-/m1/s1. The molecular weight excluding hydrogens is 384 g/mol. The highest BCUT2D eigenvalue weighted by atomic mass is 16.5. The summed E-state index contributed by atoms with van der Waals surface area (Å²) in [7, 11) is 0. The van der Waals surface area contributed by atoms with Crippen LogP contribution >= 0.6 is 0 Å². The monoisotopic (exact) mass is 406 g/mol. The van der Waals surface area contributed by atoms with Crippen molar-refractivity contribution in [3.63, 3.8) is 0 Å². The minimum Gasteiger partial charge on any atom is -0.474 e. The predicted octanol–water partition coefficient (Wildman–Crippen LogP) is 4.88. The first kappa shape index (κ1) is 19.2. The number of ether oxygens (including phenoxy) is 1. The fourth-order valence-corrected chi connectivity index (χ4v) is 3.94. The molecular formula is C27H22N2O2. The molecule has 0 amide bonds. The van der Waals surface area contributed by atoms with E-state index in [1.165, 1.54) is 0 Å². The fraction of sp³-hybridized carbons (Fsp3) is 0.111. The van der Waals surface area contributed by atoms with E-state index in [9.17, 15) is 5.11 Å². The lowest BCUT2D eigenvalue weighted by atomic mass is 9.83. The molecule has 152 valence electrons. The van der Waals surface area contributed by atoms with Gasteiger partial charge in [-0.2, -0.15) is 0 Å². The molecule has 0 spiro atoms. The topological polar surface area (TPSA) is 54.7 Å². The Hall–Kier alpha value is -3.76. The number of pyridine rings is 1. The molecule has 31 heavy (non-hydrogen) atoms. The zero-order valence-electron chi connectivity index (χ0n) is 16.9. The summed E-state index contributed by atoms with van der Waals surface area (Å²) in [6.07, 6.45) is 0. The van der Waals surface area contributed by atoms with E-state index in [0.717, 1.165) is 16.7 Å². The predicted molar refractivity (Wildman–Crippen MR) is 121 cm³/mol. The molecule has 0 radical (unpaired) electrons.